The van der Waals surface area contributed by atoms with E-state index in [4.69, 9.17) is 10.5 Å². The van der Waals surface area contributed by atoms with Crippen LogP contribution in [-0.4, -0.2) is 14.8 Å². The molecule has 20 heavy (non-hydrogen) atoms. The van der Waals surface area contributed by atoms with E-state index < -0.39 is 0 Å². The molecule has 0 radical (unpaired) electrons. The molecule has 0 unspecified atom stereocenters. The molecule has 0 aliphatic carbocycles. The number of hydrogen-bond acceptors (Lipinski definition) is 4. The lowest BCUT2D eigenvalue weighted by Gasteiger charge is -2.13. The van der Waals surface area contributed by atoms with Crippen LogP contribution in [0.25, 0.3) is 0 Å². The van der Waals surface area contributed by atoms with Crippen LogP contribution in [0.4, 0.5) is 0 Å². The summed E-state index contributed by atoms with van der Waals surface area (Å²) in [5.41, 5.74) is 6.67. The first-order chi connectivity index (χ1) is 9.52. The lowest BCUT2D eigenvalue weighted by molar-refractivity contribution is 0.279. The van der Waals surface area contributed by atoms with E-state index in [0.29, 0.717) is 13.2 Å². The molecule has 0 aliphatic rings. The molecule has 0 saturated heterocycles. The fourth-order valence-electron chi connectivity index (χ4n) is 1.81. The number of ether oxygens (including phenoxy) is 1. The average molecular weight is 404 g/mol. The number of benzene rings is 1. The number of nitrogens with zero attached hydrogens (tertiary/aromatic N) is 3. The summed E-state index contributed by atoms with van der Waals surface area (Å²) in [4.78, 5) is 4.22. The summed E-state index contributed by atoms with van der Waals surface area (Å²) in [5, 5.41) is 4.19. The van der Waals surface area contributed by atoms with Crippen molar-refractivity contribution >= 4 is 31.9 Å². The highest BCUT2D eigenvalue weighted by molar-refractivity contribution is 9.11. The van der Waals surface area contributed by atoms with E-state index in [0.717, 1.165) is 26.1 Å². The Morgan fingerprint density at radius 2 is 1.95 bits per heavy atom. The Hall–Kier alpha value is -0.920. The minimum Gasteiger partial charge on any atom is -0.483 e. The van der Waals surface area contributed by atoms with Crippen LogP contribution in [0.3, 0.4) is 0 Å². The molecule has 7 heteroatoms. The zero-order valence-corrected chi connectivity index (χ0v) is 14.5. The summed E-state index contributed by atoms with van der Waals surface area (Å²) in [6.07, 6.45) is 1.54. The van der Waals surface area contributed by atoms with Gasteiger partial charge in [0.25, 0.3) is 0 Å². The monoisotopic (exact) mass is 402 g/mol. The Morgan fingerprint density at radius 3 is 2.50 bits per heavy atom. The van der Waals surface area contributed by atoms with Crippen molar-refractivity contribution in [3.63, 3.8) is 0 Å². The fraction of sp³-hybridized carbons (Fsp3) is 0.385. The van der Waals surface area contributed by atoms with Crippen LogP contribution in [0.5, 0.6) is 5.75 Å². The topological polar surface area (TPSA) is 66.0 Å². The molecule has 2 rings (SSSR count). The molecule has 1 aromatic carbocycles. The van der Waals surface area contributed by atoms with Crippen LogP contribution < -0.4 is 10.5 Å². The van der Waals surface area contributed by atoms with Crippen LogP contribution in [0.1, 0.15) is 31.3 Å². The van der Waals surface area contributed by atoms with Crippen LogP contribution in [0.2, 0.25) is 0 Å². The maximum atomic E-state index is 5.84. The Morgan fingerprint density at radius 1 is 1.30 bits per heavy atom. The largest absolute Gasteiger partial charge is 0.483 e. The second kappa shape index (κ2) is 6.69. The zero-order valence-electron chi connectivity index (χ0n) is 11.3. The molecule has 0 saturated carbocycles. The first-order valence-electron chi connectivity index (χ1n) is 6.22. The molecule has 0 aliphatic heterocycles. The number of halogens is 2. The second-order valence-electron chi connectivity index (χ2n) is 4.60. The van der Waals surface area contributed by atoms with Crippen molar-refractivity contribution in [3.05, 3.63) is 38.8 Å². The van der Waals surface area contributed by atoms with Crippen LogP contribution in [0, 0.1) is 0 Å². The summed E-state index contributed by atoms with van der Waals surface area (Å²) >= 11 is 6.99. The van der Waals surface area contributed by atoms with E-state index in [1.54, 1.807) is 6.33 Å². The van der Waals surface area contributed by atoms with Gasteiger partial charge in [0.1, 0.15) is 18.7 Å². The Labute approximate surface area is 134 Å². The predicted molar refractivity (Wildman–Crippen MR) is 84.5 cm³/mol. The van der Waals surface area contributed by atoms with E-state index in [-0.39, 0.29) is 6.04 Å². The van der Waals surface area contributed by atoms with Gasteiger partial charge in [-0.3, -0.25) is 0 Å². The van der Waals surface area contributed by atoms with Crippen LogP contribution in [0.15, 0.2) is 27.4 Å². The molecule has 0 atom stereocenters. The summed E-state index contributed by atoms with van der Waals surface area (Å²) < 4.78 is 9.42. The number of hydrogen-bond donors (Lipinski definition) is 1. The number of rotatable bonds is 5. The Kier molecular flexibility index (Phi) is 5.17. The van der Waals surface area contributed by atoms with E-state index in [2.05, 4.69) is 55.8 Å². The minimum atomic E-state index is 0.252. The van der Waals surface area contributed by atoms with Crippen molar-refractivity contribution < 1.29 is 4.74 Å². The van der Waals surface area contributed by atoms with E-state index in [1.165, 1.54) is 0 Å². The summed E-state index contributed by atoms with van der Waals surface area (Å²) in [6.45, 7) is 4.95. The summed E-state index contributed by atoms with van der Waals surface area (Å²) in [5.74, 6) is 1.53. The lowest BCUT2D eigenvalue weighted by Crippen LogP contribution is -2.11. The van der Waals surface area contributed by atoms with Gasteiger partial charge in [0, 0.05) is 12.6 Å². The normalized spacial score (nSPS) is 11.1. The van der Waals surface area contributed by atoms with Crippen molar-refractivity contribution in [1.29, 1.82) is 0 Å². The molecule has 0 spiro atoms. The van der Waals surface area contributed by atoms with Gasteiger partial charge < -0.3 is 10.5 Å². The first kappa shape index (κ1) is 15.5. The van der Waals surface area contributed by atoms with Crippen LogP contribution in [-0.2, 0) is 13.2 Å². The van der Waals surface area contributed by atoms with E-state index in [9.17, 15) is 0 Å². The predicted octanol–water partition coefficient (Wildman–Crippen LogP) is 3.42. The van der Waals surface area contributed by atoms with Gasteiger partial charge in [0.2, 0.25) is 0 Å². The summed E-state index contributed by atoms with van der Waals surface area (Å²) in [6, 6.07) is 4.16. The highest BCUT2D eigenvalue weighted by Gasteiger charge is 2.12. The molecule has 108 valence electrons. The van der Waals surface area contributed by atoms with Gasteiger partial charge in [-0.1, -0.05) is 0 Å². The van der Waals surface area contributed by atoms with Gasteiger partial charge in [-0.2, -0.15) is 5.10 Å². The SMILES string of the molecule is CC(C)n1ncnc1COc1c(Br)cc(CN)cc1Br. The van der Waals surface area contributed by atoms with Crippen molar-refractivity contribution in [2.45, 2.75) is 33.0 Å². The highest BCUT2D eigenvalue weighted by Crippen LogP contribution is 2.35. The molecule has 2 N–H and O–H groups in total. The smallest absolute Gasteiger partial charge is 0.165 e. The quantitative estimate of drug-likeness (QED) is 0.830. The number of aromatic nitrogens is 3. The summed E-state index contributed by atoms with van der Waals surface area (Å²) in [7, 11) is 0. The molecular weight excluding hydrogens is 388 g/mol. The third-order valence-corrected chi connectivity index (χ3v) is 3.95. The zero-order chi connectivity index (χ0) is 14.7. The van der Waals surface area contributed by atoms with E-state index in [1.807, 2.05) is 16.8 Å². The lowest BCUT2D eigenvalue weighted by atomic mass is 10.2. The van der Waals surface area contributed by atoms with E-state index >= 15 is 0 Å². The fourth-order valence-corrected chi connectivity index (χ4v) is 3.32. The van der Waals surface area contributed by atoms with Crippen LogP contribution >= 0.6 is 31.9 Å². The third kappa shape index (κ3) is 3.39. The van der Waals surface area contributed by atoms with Gasteiger partial charge in [-0.25, -0.2) is 9.67 Å². The van der Waals surface area contributed by atoms with Crippen molar-refractivity contribution in [2.24, 2.45) is 5.73 Å². The maximum Gasteiger partial charge on any atom is 0.165 e. The van der Waals surface area contributed by atoms with Crippen molar-refractivity contribution in [2.75, 3.05) is 0 Å². The van der Waals surface area contributed by atoms with Gasteiger partial charge in [0.15, 0.2) is 5.82 Å². The molecule has 0 bridgehead atoms. The molecular formula is C13H16Br2N4O. The number of nitrogens with two attached hydrogens (primary N) is 1. The Bertz CT molecular complexity index is 575. The highest BCUT2D eigenvalue weighted by atomic mass is 79.9. The molecule has 5 nitrogen and oxygen atoms in total. The van der Waals surface area contributed by atoms with Crippen molar-refractivity contribution in [1.82, 2.24) is 14.8 Å². The van der Waals surface area contributed by atoms with Gasteiger partial charge in [-0.05, 0) is 63.4 Å². The van der Waals surface area contributed by atoms with Crippen molar-refractivity contribution in [3.8, 4) is 5.75 Å². The molecule has 2 aromatic rings. The molecule has 0 fully saturated rings. The molecule has 1 aromatic heterocycles. The van der Waals surface area contributed by atoms with Gasteiger partial charge in [0.05, 0.1) is 8.95 Å². The van der Waals surface area contributed by atoms with Gasteiger partial charge >= 0.3 is 0 Å². The third-order valence-electron chi connectivity index (χ3n) is 2.78. The maximum absolute atomic E-state index is 5.84. The first-order valence-corrected chi connectivity index (χ1v) is 7.80. The molecule has 0 amide bonds. The molecule has 1 heterocycles. The Balaban J connectivity index is 2.17. The standard InChI is InChI=1S/C13H16Br2N4O/c1-8(2)19-12(17-7-18-19)6-20-13-10(14)3-9(5-16)4-11(13)15/h3-4,7-8H,5-6,16H2,1-2H3. The van der Waals surface area contributed by atoms with Gasteiger partial charge in [-0.15, -0.1) is 0 Å². The minimum absolute atomic E-state index is 0.252. The second-order valence-corrected chi connectivity index (χ2v) is 6.30. The average Bonchev–Trinajstić information content (AvgIpc) is 2.86.